The Balaban J connectivity index is 1.63. The number of aromatic nitrogens is 6. The maximum absolute atomic E-state index is 13.3. The number of carbonyl (C=O) groups is 2. The number of anilines is 4. The molecule has 0 aliphatic carbocycles. The van der Waals surface area contributed by atoms with Crippen molar-refractivity contribution in [1.82, 2.24) is 34.4 Å². The summed E-state index contributed by atoms with van der Waals surface area (Å²) in [7, 11) is 9.38. The number of nitrogens with zero attached hydrogens (tertiary/aromatic N) is 8. The lowest BCUT2D eigenvalue weighted by Gasteiger charge is -2.26. The zero-order chi connectivity index (χ0) is 33.1. The fraction of sp³-hybridized carbons (Fsp3) is 0.312. The highest BCUT2D eigenvalue weighted by Crippen LogP contribution is 2.38. The molecule has 0 saturated heterocycles. The van der Waals surface area contributed by atoms with Crippen molar-refractivity contribution in [2.75, 3.05) is 56.9 Å². The van der Waals surface area contributed by atoms with Crippen molar-refractivity contribution >= 4 is 57.0 Å². The highest BCUT2D eigenvalue weighted by Gasteiger charge is 2.25. The van der Waals surface area contributed by atoms with Crippen LogP contribution in [0.25, 0.3) is 27.9 Å². The van der Waals surface area contributed by atoms with Gasteiger partial charge in [-0.15, -0.1) is 5.10 Å². The van der Waals surface area contributed by atoms with Crippen LogP contribution in [0.15, 0.2) is 55.3 Å². The van der Waals surface area contributed by atoms with Gasteiger partial charge in [-0.1, -0.05) is 30.0 Å². The van der Waals surface area contributed by atoms with Gasteiger partial charge in [0.1, 0.15) is 16.8 Å². The molecule has 0 unspecified atom stereocenters. The second kappa shape index (κ2) is 13.2. The number of hydrogen-bond acceptors (Lipinski definition) is 11. The minimum atomic E-state index is -0.599. The average Bonchev–Trinajstić information content (AvgIpc) is 3.59. The quantitative estimate of drug-likeness (QED) is 0.152. The van der Waals surface area contributed by atoms with E-state index in [2.05, 4.69) is 37.4 Å². The lowest BCUT2D eigenvalue weighted by atomic mass is 10.2. The van der Waals surface area contributed by atoms with E-state index in [1.807, 2.05) is 68.0 Å². The van der Waals surface area contributed by atoms with Gasteiger partial charge in [0.15, 0.2) is 11.5 Å². The number of methoxy groups -OCH3 is 1. The number of fused-ring (bicyclic) bond motifs is 3. The number of likely N-dealkylation sites (N-methyl/N-ethyl adjacent to an activating group) is 2. The molecule has 0 aliphatic rings. The normalized spacial score (nSPS) is 11.3. The first kappa shape index (κ1) is 31.9. The predicted octanol–water partition coefficient (Wildman–Crippen LogP) is 4.14. The molecule has 0 bridgehead atoms. The van der Waals surface area contributed by atoms with Crippen molar-refractivity contribution in [3.63, 3.8) is 0 Å². The first-order valence-electron chi connectivity index (χ1n) is 14.7. The van der Waals surface area contributed by atoms with E-state index in [9.17, 15) is 9.59 Å². The third-order valence-corrected chi connectivity index (χ3v) is 7.32. The molecule has 240 valence electrons. The number of benzene rings is 2. The summed E-state index contributed by atoms with van der Waals surface area (Å²) in [6.45, 7) is 8.61. The van der Waals surface area contributed by atoms with Crippen molar-refractivity contribution < 1.29 is 19.1 Å². The smallest absolute Gasteiger partial charge is 0.343 e. The van der Waals surface area contributed by atoms with Crippen molar-refractivity contribution in [1.29, 1.82) is 0 Å². The number of amides is 1. The van der Waals surface area contributed by atoms with E-state index < -0.39 is 5.97 Å². The van der Waals surface area contributed by atoms with Crippen LogP contribution in [0.1, 0.15) is 24.2 Å². The molecule has 3 aromatic heterocycles. The fourth-order valence-corrected chi connectivity index (χ4v) is 5.01. The van der Waals surface area contributed by atoms with Gasteiger partial charge < -0.3 is 34.5 Å². The summed E-state index contributed by atoms with van der Waals surface area (Å²) in [5.74, 6) is -0.157. The second-order valence-electron chi connectivity index (χ2n) is 11.2. The van der Waals surface area contributed by atoms with Gasteiger partial charge in [0, 0.05) is 44.8 Å². The Hall–Kier alpha value is -5.50. The zero-order valence-corrected chi connectivity index (χ0v) is 27.0. The monoisotopic (exact) mass is 626 g/mol. The minimum Gasteiger partial charge on any atom is -0.494 e. The number of rotatable bonds is 12. The molecule has 0 spiro atoms. The van der Waals surface area contributed by atoms with E-state index in [4.69, 9.17) is 14.5 Å². The Labute approximate surface area is 266 Å². The van der Waals surface area contributed by atoms with Crippen LogP contribution in [-0.4, -0.2) is 93.8 Å². The van der Waals surface area contributed by atoms with E-state index in [1.165, 1.54) is 17.0 Å². The molecule has 0 atom stereocenters. The Morgan fingerprint density at radius 3 is 2.57 bits per heavy atom. The summed E-state index contributed by atoms with van der Waals surface area (Å²) in [5.41, 5.74) is 4.11. The number of nitrogens with one attached hydrogen (secondary N) is 2. The third-order valence-electron chi connectivity index (χ3n) is 7.32. The average molecular weight is 627 g/mol. The molecular weight excluding hydrogens is 588 g/mol. The van der Waals surface area contributed by atoms with E-state index in [0.29, 0.717) is 34.8 Å². The molecule has 3 heterocycles. The highest BCUT2D eigenvalue weighted by molar-refractivity contribution is 6.06. The van der Waals surface area contributed by atoms with Crippen LogP contribution in [0.3, 0.4) is 0 Å². The molecule has 2 aromatic carbocycles. The largest absolute Gasteiger partial charge is 0.494 e. The van der Waals surface area contributed by atoms with Crippen LogP contribution < -0.4 is 20.3 Å². The molecule has 14 nitrogen and oxygen atoms in total. The molecule has 46 heavy (non-hydrogen) atoms. The Kier molecular flexibility index (Phi) is 9.18. The van der Waals surface area contributed by atoms with Gasteiger partial charge in [-0.25, -0.2) is 9.78 Å². The number of ether oxygens (including phenoxy) is 2. The molecule has 1 amide bonds. The number of carbonyl (C=O) groups excluding carboxylic acids is 2. The number of hydrogen-bond donors (Lipinski definition) is 2. The summed E-state index contributed by atoms with van der Waals surface area (Å²) in [6, 6.07) is 11.4. The van der Waals surface area contributed by atoms with Gasteiger partial charge >= 0.3 is 5.97 Å². The Morgan fingerprint density at radius 1 is 1.11 bits per heavy atom. The molecule has 5 rings (SSSR count). The Bertz CT molecular complexity index is 1930. The summed E-state index contributed by atoms with van der Waals surface area (Å²) in [4.78, 5) is 38.9. The molecule has 0 aliphatic heterocycles. The first-order valence-corrected chi connectivity index (χ1v) is 14.7. The molecule has 5 aromatic rings. The van der Waals surface area contributed by atoms with Crippen LogP contribution in [0, 0.1) is 0 Å². The first-order chi connectivity index (χ1) is 22.0. The van der Waals surface area contributed by atoms with Gasteiger partial charge in [-0.3, -0.25) is 4.79 Å². The molecule has 2 N–H and O–H groups in total. The summed E-state index contributed by atoms with van der Waals surface area (Å²) in [6.07, 6.45) is 2.23. The summed E-state index contributed by atoms with van der Waals surface area (Å²) in [5, 5.41) is 15.8. The maximum Gasteiger partial charge on any atom is 0.343 e. The van der Waals surface area contributed by atoms with Crippen LogP contribution >= 0.6 is 0 Å². The zero-order valence-electron chi connectivity index (χ0n) is 27.0. The number of aryl methyl sites for hydroxylation is 1. The Morgan fingerprint density at radius 2 is 1.87 bits per heavy atom. The summed E-state index contributed by atoms with van der Waals surface area (Å²) >= 11 is 0. The van der Waals surface area contributed by atoms with Gasteiger partial charge in [-0.05, 0) is 46.2 Å². The molecule has 0 saturated carbocycles. The van der Waals surface area contributed by atoms with Gasteiger partial charge in [0.2, 0.25) is 11.9 Å². The molecule has 0 radical (unpaired) electrons. The van der Waals surface area contributed by atoms with Crippen molar-refractivity contribution in [3.05, 3.63) is 60.8 Å². The van der Waals surface area contributed by atoms with E-state index in [-0.39, 0.29) is 29.3 Å². The third kappa shape index (κ3) is 6.33. The van der Waals surface area contributed by atoms with E-state index >= 15 is 0 Å². The summed E-state index contributed by atoms with van der Waals surface area (Å²) < 4.78 is 14.7. The van der Waals surface area contributed by atoms with Gasteiger partial charge in [-0.2, -0.15) is 9.67 Å². The SMILES string of the molecule is C=CC(=O)Nc1cc(Nc2ncc(C(=O)OC(C)C)c(-n3nnc4c3c3ccccc3n4C)n2)c(OC)cc1N(C)CCN(C)C. The number of para-hydroxylation sites is 1. The predicted molar refractivity (Wildman–Crippen MR) is 178 cm³/mol. The van der Waals surface area contributed by atoms with Crippen LogP contribution in [0.5, 0.6) is 5.75 Å². The molecule has 0 fully saturated rings. The van der Waals surface area contributed by atoms with Crippen LogP contribution in [0.2, 0.25) is 0 Å². The second-order valence-corrected chi connectivity index (χ2v) is 11.2. The minimum absolute atomic E-state index is 0.114. The van der Waals surface area contributed by atoms with Crippen molar-refractivity contribution in [3.8, 4) is 11.6 Å². The fourth-order valence-electron chi connectivity index (χ4n) is 5.01. The highest BCUT2D eigenvalue weighted by atomic mass is 16.5. The standard InChI is InChI=1S/C32H38N10O4/c1-9-27(43)34-22-16-23(26(45-8)17-25(22)40(6)15-14-39(4)5)35-32-33-18-21(31(44)46-19(2)3)29(36-32)42-28-20-12-10-11-13-24(20)41(7)30(28)37-38-42/h9-13,16-19H,1,14-15H2,2-8H3,(H,34,43)(H,33,35,36). The number of esters is 1. The van der Waals surface area contributed by atoms with E-state index in [0.717, 1.165) is 23.1 Å². The molecular formula is C32H38N10O4. The van der Waals surface area contributed by atoms with Gasteiger partial charge in [0.25, 0.3) is 0 Å². The maximum atomic E-state index is 13.3. The molecule has 14 heteroatoms. The van der Waals surface area contributed by atoms with Crippen molar-refractivity contribution in [2.24, 2.45) is 7.05 Å². The topological polar surface area (TPSA) is 145 Å². The van der Waals surface area contributed by atoms with Crippen LogP contribution in [0.4, 0.5) is 23.0 Å². The van der Waals surface area contributed by atoms with E-state index in [1.54, 1.807) is 27.0 Å². The lowest BCUT2D eigenvalue weighted by molar-refractivity contribution is -0.111. The lowest BCUT2D eigenvalue weighted by Crippen LogP contribution is -2.29. The van der Waals surface area contributed by atoms with Gasteiger partial charge in [0.05, 0.1) is 35.8 Å². The van der Waals surface area contributed by atoms with Crippen LogP contribution in [-0.2, 0) is 16.6 Å². The van der Waals surface area contributed by atoms with Crippen molar-refractivity contribution in [2.45, 2.75) is 20.0 Å².